The van der Waals surface area contributed by atoms with Gasteiger partial charge in [-0.15, -0.1) is 0 Å². The molecule has 0 aromatic carbocycles. The molecule has 1 N–H and O–H groups in total. The molecule has 1 aliphatic rings. The molecule has 1 saturated carbocycles. The van der Waals surface area contributed by atoms with Crippen molar-refractivity contribution in [1.29, 1.82) is 0 Å². The summed E-state index contributed by atoms with van der Waals surface area (Å²) in [7, 11) is 0. The number of nitrogens with one attached hydrogen (secondary N) is 1. The fraction of sp³-hybridized carbons (Fsp3) is 0.923. The maximum absolute atomic E-state index is 11.8. The van der Waals surface area contributed by atoms with Crippen molar-refractivity contribution in [1.82, 2.24) is 5.32 Å². The average molecular weight is 211 g/mol. The van der Waals surface area contributed by atoms with E-state index in [2.05, 4.69) is 19.2 Å². The van der Waals surface area contributed by atoms with Gasteiger partial charge in [-0.3, -0.25) is 4.79 Å². The van der Waals surface area contributed by atoms with Crippen molar-refractivity contribution in [3.63, 3.8) is 0 Å². The highest BCUT2D eigenvalue weighted by Gasteiger charge is 2.24. The number of rotatable bonds is 6. The second-order valence-electron chi connectivity index (χ2n) is 5.08. The molecule has 0 bridgehead atoms. The summed E-state index contributed by atoms with van der Waals surface area (Å²) < 4.78 is 0. The Hall–Kier alpha value is -0.370. The largest absolute Gasteiger partial charge is 0.305 e. The monoisotopic (exact) mass is 211 g/mol. The third-order valence-corrected chi connectivity index (χ3v) is 3.32. The first-order valence-electron chi connectivity index (χ1n) is 6.42. The first-order chi connectivity index (χ1) is 7.13. The molecule has 0 amide bonds. The molecule has 0 heterocycles. The zero-order chi connectivity index (χ0) is 11.3. The van der Waals surface area contributed by atoms with Gasteiger partial charge in [-0.05, 0) is 12.3 Å². The van der Waals surface area contributed by atoms with Gasteiger partial charge in [0.25, 0.3) is 0 Å². The minimum Gasteiger partial charge on any atom is -0.305 e. The van der Waals surface area contributed by atoms with Crippen LogP contribution in [0.2, 0.25) is 0 Å². The standard InChI is InChI=1S/C13H25NO/c1-4-13(15)12(14-10(2)3)9-11-7-5-6-8-11/h10-12,14H,4-9H2,1-3H3/t12-/m0/s1. The Labute approximate surface area is 93.8 Å². The molecule has 0 unspecified atom stereocenters. The van der Waals surface area contributed by atoms with Gasteiger partial charge in [0.15, 0.2) is 0 Å². The van der Waals surface area contributed by atoms with Gasteiger partial charge in [0, 0.05) is 12.5 Å². The lowest BCUT2D eigenvalue weighted by molar-refractivity contribution is -0.121. The lowest BCUT2D eigenvalue weighted by atomic mass is 9.94. The van der Waals surface area contributed by atoms with E-state index in [1.807, 2.05) is 6.92 Å². The van der Waals surface area contributed by atoms with Crippen LogP contribution in [0, 0.1) is 5.92 Å². The summed E-state index contributed by atoms with van der Waals surface area (Å²) >= 11 is 0. The topological polar surface area (TPSA) is 29.1 Å². The third kappa shape index (κ3) is 4.33. The number of hydrogen-bond acceptors (Lipinski definition) is 2. The summed E-state index contributed by atoms with van der Waals surface area (Å²) in [6.07, 6.45) is 7.10. The molecule has 2 nitrogen and oxygen atoms in total. The van der Waals surface area contributed by atoms with Gasteiger partial charge < -0.3 is 5.32 Å². The Morgan fingerprint density at radius 3 is 2.40 bits per heavy atom. The maximum atomic E-state index is 11.8. The van der Waals surface area contributed by atoms with Crippen molar-refractivity contribution >= 4 is 5.78 Å². The molecular weight excluding hydrogens is 186 g/mol. The number of Topliss-reactive ketones (excluding diaryl/α,β-unsaturated/α-hetero) is 1. The average Bonchev–Trinajstić information content (AvgIpc) is 2.67. The van der Waals surface area contributed by atoms with Crippen molar-refractivity contribution < 1.29 is 4.79 Å². The second kappa shape index (κ2) is 6.26. The lowest BCUT2D eigenvalue weighted by Gasteiger charge is -2.22. The van der Waals surface area contributed by atoms with Gasteiger partial charge in [0.2, 0.25) is 0 Å². The van der Waals surface area contributed by atoms with Gasteiger partial charge >= 0.3 is 0 Å². The Morgan fingerprint density at radius 2 is 1.93 bits per heavy atom. The van der Waals surface area contributed by atoms with Gasteiger partial charge in [0.1, 0.15) is 5.78 Å². The molecule has 2 heteroatoms. The molecule has 15 heavy (non-hydrogen) atoms. The highest BCUT2D eigenvalue weighted by Crippen LogP contribution is 2.29. The second-order valence-corrected chi connectivity index (χ2v) is 5.08. The van der Waals surface area contributed by atoms with E-state index in [1.54, 1.807) is 0 Å². The molecule has 1 rings (SSSR count). The van der Waals surface area contributed by atoms with E-state index in [0.717, 1.165) is 12.3 Å². The van der Waals surface area contributed by atoms with E-state index in [4.69, 9.17) is 0 Å². The fourth-order valence-electron chi connectivity index (χ4n) is 2.52. The highest BCUT2D eigenvalue weighted by atomic mass is 16.1. The number of carbonyl (C=O) groups excluding carboxylic acids is 1. The van der Waals surface area contributed by atoms with Crippen molar-refractivity contribution in [3.8, 4) is 0 Å². The molecule has 0 saturated heterocycles. The Kier molecular flexibility index (Phi) is 5.30. The molecule has 0 radical (unpaired) electrons. The Bertz CT molecular complexity index is 195. The lowest BCUT2D eigenvalue weighted by Crippen LogP contribution is -2.41. The summed E-state index contributed by atoms with van der Waals surface area (Å²) in [4.78, 5) is 11.8. The SMILES string of the molecule is CCC(=O)[C@H](CC1CCCC1)NC(C)C. The van der Waals surface area contributed by atoms with Gasteiger partial charge in [-0.2, -0.15) is 0 Å². The normalized spacial score (nSPS) is 19.7. The van der Waals surface area contributed by atoms with Crippen LogP contribution in [0.15, 0.2) is 0 Å². The van der Waals surface area contributed by atoms with Crippen LogP contribution in [0.3, 0.4) is 0 Å². The predicted molar refractivity (Wildman–Crippen MR) is 63.9 cm³/mol. The summed E-state index contributed by atoms with van der Waals surface area (Å²) in [6, 6.07) is 0.519. The molecule has 0 aromatic rings. The molecule has 1 aliphatic carbocycles. The third-order valence-electron chi connectivity index (χ3n) is 3.32. The molecule has 88 valence electrons. The van der Waals surface area contributed by atoms with Crippen LogP contribution in [0.1, 0.15) is 59.3 Å². The van der Waals surface area contributed by atoms with Crippen molar-refractivity contribution in [2.24, 2.45) is 5.92 Å². The molecule has 0 aromatic heterocycles. The van der Waals surface area contributed by atoms with Gasteiger partial charge in [0.05, 0.1) is 6.04 Å². The van der Waals surface area contributed by atoms with E-state index in [1.165, 1.54) is 25.7 Å². The van der Waals surface area contributed by atoms with Crippen molar-refractivity contribution in [2.75, 3.05) is 0 Å². The highest BCUT2D eigenvalue weighted by molar-refractivity contribution is 5.83. The van der Waals surface area contributed by atoms with E-state index < -0.39 is 0 Å². The zero-order valence-corrected chi connectivity index (χ0v) is 10.4. The van der Waals surface area contributed by atoms with Gasteiger partial charge in [-0.25, -0.2) is 0 Å². The van der Waals surface area contributed by atoms with Crippen LogP contribution in [-0.2, 0) is 4.79 Å². The summed E-state index contributed by atoms with van der Waals surface area (Å²) in [5.74, 6) is 1.17. The Morgan fingerprint density at radius 1 is 1.33 bits per heavy atom. The quantitative estimate of drug-likeness (QED) is 0.732. The molecule has 1 atom stereocenters. The zero-order valence-electron chi connectivity index (χ0n) is 10.4. The first kappa shape index (κ1) is 12.7. The molecule has 1 fully saturated rings. The van der Waals surface area contributed by atoms with Crippen LogP contribution in [0.4, 0.5) is 0 Å². The van der Waals surface area contributed by atoms with E-state index in [-0.39, 0.29) is 6.04 Å². The van der Waals surface area contributed by atoms with E-state index in [9.17, 15) is 4.79 Å². The van der Waals surface area contributed by atoms with E-state index >= 15 is 0 Å². The molecule has 0 aliphatic heterocycles. The smallest absolute Gasteiger partial charge is 0.149 e. The van der Waals surface area contributed by atoms with Gasteiger partial charge in [-0.1, -0.05) is 46.5 Å². The van der Waals surface area contributed by atoms with Crippen LogP contribution in [-0.4, -0.2) is 17.9 Å². The minimum absolute atomic E-state index is 0.109. The fourth-order valence-corrected chi connectivity index (χ4v) is 2.52. The maximum Gasteiger partial charge on any atom is 0.149 e. The number of ketones is 1. The number of hydrogen-bond donors (Lipinski definition) is 1. The van der Waals surface area contributed by atoms with Crippen molar-refractivity contribution in [3.05, 3.63) is 0 Å². The van der Waals surface area contributed by atoms with Crippen LogP contribution >= 0.6 is 0 Å². The summed E-state index contributed by atoms with van der Waals surface area (Å²) in [5.41, 5.74) is 0. The van der Waals surface area contributed by atoms with Crippen LogP contribution < -0.4 is 5.32 Å². The Balaban J connectivity index is 2.43. The van der Waals surface area contributed by atoms with E-state index in [0.29, 0.717) is 18.2 Å². The molecular formula is C13H25NO. The number of carbonyl (C=O) groups is 1. The first-order valence-corrected chi connectivity index (χ1v) is 6.42. The van der Waals surface area contributed by atoms with Crippen LogP contribution in [0.25, 0.3) is 0 Å². The molecule has 0 spiro atoms. The summed E-state index contributed by atoms with van der Waals surface area (Å²) in [5, 5.41) is 3.41. The van der Waals surface area contributed by atoms with Crippen molar-refractivity contribution in [2.45, 2.75) is 71.4 Å². The minimum atomic E-state index is 0.109. The predicted octanol–water partition coefficient (Wildman–Crippen LogP) is 2.91. The summed E-state index contributed by atoms with van der Waals surface area (Å²) in [6.45, 7) is 6.20. The van der Waals surface area contributed by atoms with Crippen LogP contribution in [0.5, 0.6) is 0 Å².